The van der Waals surface area contributed by atoms with Gasteiger partial charge in [0, 0.05) is 5.71 Å². The molecule has 0 aliphatic heterocycles. The van der Waals surface area contributed by atoms with E-state index in [9.17, 15) is 4.79 Å². The van der Waals surface area contributed by atoms with Crippen molar-refractivity contribution in [3.05, 3.63) is 71.8 Å². The highest BCUT2D eigenvalue weighted by atomic mass is 16.2. The van der Waals surface area contributed by atoms with Crippen molar-refractivity contribution >= 4 is 11.6 Å². The third-order valence-electron chi connectivity index (χ3n) is 4.79. The van der Waals surface area contributed by atoms with E-state index in [0.29, 0.717) is 5.92 Å². The van der Waals surface area contributed by atoms with Crippen molar-refractivity contribution in [1.29, 1.82) is 0 Å². The van der Waals surface area contributed by atoms with Gasteiger partial charge in [-0.15, -0.1) is 0 Å². The van der Waals surface area contributed by atoms with Gasteiger partial charge in [0.15, 0.2) is 0 Å². The lowest BCUT2D eigenvalue weighted by atomic mass is 9.91. The molecule has 3 heteroatoms. The molecule has 1 unspecified atom stereocenters. The Hall–Kier alpha value is -2.42. The molecule has 2 aromatic carbocycles. The Morgan fingerprint density at radius 1 is 1.08 bits per heavy atom. The molecule has 0 radical (unpaired) electrons. The molecule has 1 aliphatic carbocycles. The fourth-order valence-electron chi connectivity index (χ4n) is 3.46. The van der Waals surface area contributed by atoms with Crippen molar-refractivity contribution in [3.8, 4) is 0 Å². The molecule has 3 nitrogen and oxygen atoms in total. The highest BCUT2D eigenvalue weighted by Gasteiger charge is 2.24. The predicted octanol–water partition coefficient (Wildman–Crippen LogP) is 4.50. The second-order valence-electron chi connectivity index (χ2n) is 6.33. The molecular formula is C21H24N2O. The SMILES string of the molecule is CCC1CCCC1=NNC(=O)C(c1ccccc1)c1ccccc1. The van der Waals surface area contributed by atoms with Crippen molar-refractivity contribution < 1.29 is 4.79 Å². The largest absolute Gasteiger partial charge is 0.272 e. The van der Waals surface area contributed by atoms with Crippen LogP contribution < -0.4 is 5.43 Å². The number of rotatable bonds is 5. The lowest BCUT2D eigenvalue weighted by Crippen LogP contribution is -2.27. The normalized spacial score (nSPS) is 18.9. The van der Waals surface area contributed by atoms with Crippen LogP contribution in [0.1, 0.15) is 49.7 Å². The van der Waals surface area contributed by atoms with Crippen molar-refractivity contribution in [2.24, 2.45) is 11.0 Å². The van der Waals surface area contributed by atoms with Gasteiger partial charge in [-0.3, -0.25) is 4.79 Å². The zero-order chi connectivity index (χ0) is 16.8. The Kier molecular flexibility index (Phi) is 5.42. The first-order valence-corrected chi connectivity index (χ1v) is 8.75. The van der Waals surface area contributed by atoms with Gasteiger partial charge in [-0.2, -0.15) is 5.10 Å². The monoisotopic (exact) mass is 320 g/mol. The number of carbonyl (C=O) groups is 1. The summed E-state index contributed by atoms with van der Waals surface area (Å²) < 4.78 is 0. The van der Waals surface area contributed by atoms with E-state index in [2.05, 4.69) is 17.5 Å². The Morgan fingerprint density at radius 2 is 1.67 bits per heavy atom. The maximum absolute atomic E-state index is 12.9. The molecule has 0 saturated heterocycles. The molecule has 1 saturated carbocycles. The maximum atomic E-state index is 12.9. The van der Waals surface area contributed by atoms with E-state index >= 15 is 0 Å². The molecule has 1 amide bonds. The van der Waals surface area contributed by atoms with Crippen molar-refractivity contribution in [2.45, 2.75) is 38.5 Å². The molecule has 1 N–H and O–H groups in total. The Labute approximate surface area is 143 Å². The molecule has 0 aromatic heterocycles. The minimum absolute atomic E-state index is 0.0679. The molecule has 124 valence electrons. The third-order valence-corrected chi connectivity index (χ3v) is 4.79. The van der Waals surface area contributed by atoms with Gasteiger partial charge in [0.25, 0.3) is 5.91 Å². The van der Waals surface area contributed by atoms with Crippen LogP contribution in [-0.4, -0.2) is 11.6 Å². The average Bonchev–Trinajstić information content (AvgIpc) is 3.09. The summed E-state index contributed by atoms with van der Waals surface area (Å²) in [6, 6.07) is 19.8. The second-order valence-corrected chi connectivity index (χ2v) is 6.33. The number of hydrogen-bond donors (Lipinski definition) is 1. The number of amides is 1. The lowest BCUT2D eigenvalue weighted by molar-refractivity contribution is -0.121. The van der Waals surface area contributed by atoms with Gasteiger partial charge in [0.1, 0.15) is 0 Å². The van der Waals surface area contributed by atoms with E-state index < -0.39 is 0 Å². The predicted molar refractivity (Wildman–Crippen MR) is 97.9 cm³/mol. The van der Waals surface area contributed by atoms with Gasteiger partial charge >= 0.3 is 0 Å². The van der Waals surface area contributed by atoms with Crippen LogP contribution in [0, 0.1) is 5.92 Å². The quantitative estimate of drug-likeness (QED) is 0.810. The van der Waals surface area contributed by atoms with E-state index in [4.69, 9.17) is 0 Å². The van der Waals surface area contributed by atoms with Gasteiger partial charge in [-0.05, 0) is 42.7 Å². The minimum atomic E-state index is -0.335. The minimum Gasteiger partial charge on any atom is -0.272 e. The summed E-state index contributed by atoms with van der Waals surface area (Å²) in [6.07, 6.45) is 4.45. The highest BCUT2D eigenvalue weighted by Crippen LogP contribution is 2.26. The van der Waals surface area contributed by atoms with E-state index in [0.717, 1.165) is 29.7 Å². The molecule has 24 heavy (non-hydrogen) atoms. The van der Waals surface area contributed by atoms with Crippen molar-refractivity contribution in [1.82, 2.24) is 5.43 Å². The summed E-state index contributed by atoms with van der Waals surface area (Å²) >= 11 is 0. The second kappa shape index (κ2) is 7.91. The first-order valence-electron chi connectivity index (χ1n) is 8.75. The molecule has 1 fully saturated rings. The zero-order valence-corrected chi connectivity index (χ0v) is 14.1. The first-order chi connectivity index (χ1) is 11.8. The number of benzene rings is 2. The average molecular weight is 320 g/mol. The Morgan fingerprint density at radius 3 is 2.21 bits per heavy atom. The van der Waals surface area contributed by atoms with Crippen LogP contribution in [-0.2, 0) is 4.79 Å². The molecule has 2 aromatic rings. The standard InChI is InChI=1S/C21H24N2O/c1-2-16-14-9-15-19(16)22-23-21(24)20(17-10-5-3-6-11-17)18-12-7-4-8-13-18/h3-8,10-13,16,20H,2,9,14-15H2,1H3,(H,23,24). The Bertz CT molecular complexity index is 655. The van der Waals surface area contributed by atoms with Gasteiger partial charge in [0.2, 0.25) is 0 Å². The van der Waals surface area contributed by atoms with E-state index in [-0.39, 0.29) is 11.8 Å². The molecule has 3 rings (SSSR count). The van der Waals surface area contributed by atoms with Gasteiger partial charge < -0.3 is 0 Å². The fourth-order valence-corrected chi connectivity index (χ4v) is 3.46. The lowest BCUT2D eigenvalue weighted by Gasteiger charge is -2.17. The van der Waals surface area contributed by atoms with Crippen LogP contribution in [0.4, 0.5) is 0 Å². The van der Waals surface area contributed by atoms with Crippen LogP contribution in [0.15, 0.2) is 65.8 Å². The zero-order valence-electron chi connectivity index (χ0n) is 14.1. The van der Waals surface area contributed by atoms with Crippen LogP contribution in [0.25, 0.3) is 0 Å². The first kappa shape index (κ1) is 16.4. The third kappa shape index (κ3) is 3.73. The number of nitrogens with zero attached hydrogens (tertiary/aromatic N) is 1. The molecule has 0 spiro atoms. The molecule has 0 bridgehead atoms. The van der Waals surface area contributed by atoms with Crippen molar-refractivity contribution in [3.63, 3.8) is 0 Å². The number of nitrogens with one attached hydrogen (secondary N) is 1. The van der Waals surface area contributed by atoms with Crippen LogP contribution in [0.3, 0.4) is 0 Å². The maximum Gasteiger partial charge on any atom is 0.252 e. The molecular weight excluding hydrogens is 296 g/mol. The topological polar surface area (TPSA) is 41.5 Å². The van der Waals surface area contributed by atoms with Crippen LogP contribution in [0.2, 0.25) is 0 Å². The smallest absolute Gasteiger partial charge is 0.252 e. The molecule has 1 atom stereocenters. The van der Waals surface area contributed by atoms with E-state index in [1.54, 1.807) is 0 Å². The van der Waals surface area contributed by atoms with Gasteiger partial charge in [-0.1, -0.05) is 67.6 Å². The summed E-state index contributed by atoms with van der Waals surface area (Å²) in [4.78, 5) is 12.9. The van der Waals surface area contributed by atoms with E-state index in [1.165, 1.54) is 12.8 Å². The Balaban J connectivity index is 1.83. The fraction of sp³-hybridized carbons (Fsp3) is 0.333. The van der Waals surface area contributed by atoms with Crippen LogP contribution in [0.5, 0.6) is 0 Å². The number of hydrazone groups is 1. The number of carbonyl (C=O) groups excluding carboxylic acids is 1. The number of hydrogen-bond acceptors (Lipinski definition) is 2. The van der Waals surface area contributed by atoms with Gasteiger partial charge in [-0.25, -0.2) is 5.43 Å². The summed E-state index contributed by atoms with van der Waals surface area (Å²) in [5, 5.41) is 4.46. The molecule has 1 aliphatic rings. The highest BCUT2D eigenvalue weighted by molar-refractivity contribution is 5.92. The van der Waals surface area contributed by atoms with E-state index in [1.807, 2.05) is 60.7 Å². The molecule has 0 heterocycles. The summed E-state index contributed by atoms with van der Waals surface area (Å²) in [6.45, 7) is 2.18. The van der Waals surface area contributed by atoms with Crippen molar-refractivity contribution in [2.75, 3.05) is 0 Å². The van der Waals surface area contributed by atoms with Crippen LogP contribution >= 0.6 is 0 Å². The summed E-state index contributed by atoms with van der Waals surface area (Å²) in [7, 11) is 0. The van der Waals surface area contributed by atoms with Gasteiger partial charge in [0.05, 0.1) is 5.92 Å². The summed E-state index contributed by atoms with van der Waals surface area (Å²) in [5.74, 6) is 0.122. The summed E-state index contributed by atoms with van der Waals surface area (Å²) in [5.41, 5.74) is 5.95.